The van der Waals surface area contributed by atoms with Crippen molar-refractivity contribution in [1.29, 1.82) is 0 Å². The maximum atomic E-state index is 15.0. The quantitative estimate of drug-likeness (QED) is 0.121. The third kappa shape index (κ3) is 6.50. The molecule has 43 heavy (non-hydrogen) atoms. The molecule has 0 fully saturated rings. The fourth-order valence-electron chi connectivity index (χ4n) is 5.12. The van der Waals surface area contributed by atoms with Crippen molar-refractivity contribution < 1.29 is 32.5 Å². The van der Waals surface area contributed by atoms with Gasteiger partial charge in [-0.05, 0) is 55.3 Å². The number of hydrogen-bond donors (Lipinski definition) is 3. The Morgan fingerprint density at radius 3 is 2.77 bits per heavy atom. The van der Waals surface area contributed by atoms with Crippen molar-refractivity contribution in [2.24, 2.45) is 15.7 Å². The van der Waals surface area contributed by atoms with Crippen LogP contribution in [0.5, 0.6) is 17.2 Å². The molecule has 0 saturated carbocycles. The molecule has 0 aliphatic carbocycles. The number of carbonyl (C=O) groups excluding carboxylic acids is 1. The highest BCUT2D eigenvalue weighted by molar-refractivity contribution is 7.98. The molecule has 2 heterocycles. The van der Waals surface area contributed by atoms with Crippen LogP contribution in [-0.4, -0.2) is 50.1 Å². The van der Waals surface area contributed by atoms with Gasteiger partial charge in [0.2, 0.25) is 5.82 Å². The molecule has 2 aliphatic heterocycles. The summed E-state index contributed by atoms with van der Waals surface area (Å²) in [5.41, 5.74) is 7.97. The Labute approximate surface area is 252 Å². The molecule has 8 nitrogen and oxygen atoms in total. The van der Waals surface area contributed by atoms with Crippen molar-refractivity contribution in [2.75, 3.05) is 31.8 Å². The van der Waals surface area contributed by atoms with Crippen LogP contribution >= 0.6 is 11.8 Å². The van der Waals surface area contributed by atoms with Crippen molar-refractivity contribution in [3.05, 3.63) is 76.1 Å². The number of fused-ring (bicyclic) bond motifs is 2. The van der Waals surface area contributed by atoms with Crippen molar-refractivity contribution in [3.63, 3.8) is 0 Å². The summed E-state index contributed by atoms with van der Waals surface area (Å²) in [4.78, 5) is 20.2. The Kier molecular flexibility index (Phi) is 10.4. The van der Waals surface area contributed by atoms with Gasteiger partial charge in [0, 0.05) is 32.1 Å². The Morgan fingerprint density at radius 2 is 2.02 bits per heavy atom. The van der Waals surface area contributed by atoms with Gasteiger partial charge in [-0.2, -0.15) is 4.39 Å². The Bertz CT molecular complexity index is 1570. The minimum atomic E-state index is -1.12. The summed E-state index contributed by atoms with van der Waals surface area (Å²) in [5, 5.41) is 9.87. The molecule has 1 atom stereocenters. The number of benzene rings is 3. The van der Waals surface area contributed by atoms with Crippen LogP contribution in [0, 0.1) is 17.5 Å². The number of nitrogens with zero attached hydrogens (tertiary/aromatic N) is 2. The highest BCUT2D eigenvalue weighted by Crippen LogP contribution is 2.45. The highest BCUT2D eigenvalue weighted by Gasteiger charge is 2.34. The summed E-state index contributed by atoms with van der Waals surface area (Å²) in [6.45, 7) is 2.87. The fourth-order valence-corrected chi connectivity index (χ4v) is 5.88. The number of nitrogens with two attached hydrogens (primary N) is 1. The third-order valence-electron chi connectivity index (χ3n) is 7.29. The average Bonchev–Trinajstić information content (AvgIpc) is 3.51. The van der Waals surface area contributed by atoms with Crippen molar-refractivity contribution in [1.82, 2.24) is 0 Å². The molecule has 0 saturated heterocycles. The minimum absolute atomic E-state index is 0.0722. The molecule has 0 amide bonds. The second-order valence-corrected chi connectivity index (χ2v) is 10.7. The van der Waals surface area contributed by atoms with Crippen LogP contribution in [0.2, 0.25) is 0 Å². The number of halogens is 3. The molecule has 3 aromatic rings. The van der Waals surface area contributed by atoms with Gasteiger partial charge in [0.05, 0.1) is 28.3 Å². The smallest absolute Gasteiger partial charge is 0.204 e. The fraction of sp³-hybridized carbons (Fsp3) is 0.323. The van der Waals surface area contributed by atoms with E-state index in [4.69, 9.17) is 20.3 Å². The number of ether oxygens (including phenoxy) is 2. The number of aliphatic hydroxyl groups is 1. The first-order chi connectivity index (χ1) is 20.8. The number of aliphatic imine (C=N–C) groups is 2. The third-order valence-corrected chi connectivity index (χ3v) is 8.13. The first-order valence-electron chi connectivity index (χ1n) is 13.6. The SMILES string of the molecule is CO.CSc1c2c(c(F)c(F)c1Oc1ccc(F)c(C(N)=NC=NC3(C)CCOc4c(CCC=O)cccc43)c1)NCC2. The van der Waals surface area contributed by atoms with Crippen LogP contribution in [0.3, 0.4) is 0 Å². The molecule has 0 bridgehead atoms. The normalized spacial score (nSPS) is 17.3. The van der Waals surface area contributed by atoms with Gasteiger partial charge in [-0.25, -0.2) is 13.8 Å². The summed E-state index contributed by atoms with van der Waals surface area (Å²) in [6, 6.07) is 9.48. The standard InChI is InChI=1S/C30H29F3N4O3S.CH4O/c1-30(11-14-39-26-17(6-4-13-38)5-3-7-21(26)30)37-16-36-29(34)20-15-18(8-9-22(20)31)40-27-24(33)23(32)25-19(10-12-35-25)28(27)41-2;1-2/h3,5,7-9,13,15-16,35H,4,6,10-12,14H2,1-2H3,(H2,34,36,37);2H,1H3. The van der Waals surface area contributed by atoms with E-state index in [0.717, 1.165) is 30.6 Å². The number of aryl methyl sites for hydroxylation is 1. The van der Waals surface area contributed by atoms with Crippen LogP contribution in [0.15, 0.2) is 51.3 Å². The number of amidine groups is 1. The average molecular weight is 615 g/mol. The van der Waals surface area contributed by atoms with Crippen LogP contribution in [0.25, 0.3) is 0 Å². The van der Waals surface area contributed by atoms with Crippen molar-refractivity contribution >= 4 is 35.9 Å². The van der Waals surface area contributed by atoms with Crippen molar-refractivity contribution in [2.45, 2.75) is 43.0 Å². The van der Waals surface area contributed by atoms with Crippen LogP contribution in [0.4, 0.5) is 18.9 Å². The second kappa shape index (κ2) is 14.0. The zero-order chi connectivity index (χ0) is 31.1. The van der Waals surface area contributed by atoms with E-state index in [1.54, 1.807) is 6.26 Å². The summed E-state index contributed by atoms with van der Waals surface area (Å²) in [7, 11) is 1.00. The van der Waals surface area contributed by atoms with E-state index in [2.05, 4.69) is 15.3 Å². The number of carbonyl (C=O) groups is 1. The van der Waals surface area contributed by atoms with Gasteiger partial charge in [0.1, 0.15) is 35.8 Å². The van der Waals surface area contributed by atoms with E-state index in [-0.39, 0.29) is 28.6 Å². The lowest BCUT2D eigenvalue weighted by Gasteiger charge is -2.33. The minimum Gasteiger partial charge on any atom is -0.493 e. The van der Waals surface area contributed by atoms with Gasteiger partial charge < -0.3 is 30.4 Å². The Balaban J connectivity index is 0.00000207. The predicted octanol–water partition coefficient (Wildman–Crippen LogP) is 5.76. The van der Waals surface area contributed by atoms with E-state index in [1.165, 1.54) is 30.2 Å². The van der Waals surface area contributed by atoms with Gasteiger partial charge in [-0.1, -0.05) is 18.2 Å². The lowest BCUT2D eigenvalue weighted by molar-refractivity contribution is -0.107. The van der Waals surface area contributed by atoms with Crippen LogP contribution in [-0.2, 0) is 23.2 Å². The zero-order valence-corrected chi connectivity index (χ0v) is 24.9. The molecular weight excluding hydrogens is 581 g/mol. The number of hydrogen-bond acceptors (Lipinski definition) is 7. The number of aldehydes is 1. The Morgan fingerprint density at radius 1 is 1.23 bits per heavy atom. The van der Waals surface area contributed by atoms with E-state index in [9.17, 15) is 18.0 Å². The van der Waals surface area contributed by atoms with Crippen LogP contribution in [0.1, 0.15) is 42.0 Å². The van der Waals surface area contributed by atoms with Gasteiger partial charge in [0.25, 0.3) is 0 Å². The molecule has 4 N–H and O–H groups in total. The highest BCUT2D eigenvalue weighted by atomic mass is 32.2. The topological polar surface area (TPSA) is 119 Å². The van der Waals surface area contributed by atoms with Gasteiger partial charge in [-0.3, -0.25) is 4.99 Å². The molecule has 1 unspecified atom stereocenters. The number of aliphatic hydroxyl groups excluding tert-OH is 1. The van der Waals surface area contributed by atoms with E-state index >= 15 is 0 Å². The largest absolute Gasteiger partial charge is 0.493 e. The van der Waals surface area contributed by atoms with E-state index in [1.807, 2.05) is 25.1 Å². The maximum Gasteiger partial charge on any atom is 0.204 e. The molecule has 0 radical (unpaired) electrons. The molecule has 0 aromatic heterocycles. The predicted molar refractivity (Wildman–Crippen MR) is 162 cm³/mol. The summed E-state index contributed by atoms with van der Waals surface area (Å²) in [5.74, 6) is -2.43. The molecule has 3 aromatic carbocycles. The molecule has 228 valence electrons. The summed E-state index contributed by atoms with van der Waals surface area (Å²) in [6.07, 6.45) is 5.96. The lowest BCUT2D eigenvalue weighted by Crippen LogP contribution is -2.29. The number of thioether (sulfide) groups is 1. The molecule has 12 heteroatoms. The molecule has 0 spiro atoms. The number of nitrogens with one attached hydrogen (secondary N) is 1. The van der Waals surface area contributed by atoms with Gasteiger partial charge >= 0.3 is 0 Å². The van der Waals surface area contributed by atoms with E-state index in [0.29, 0.717) is 55.0 Å². The van der Waals surface area contributed by atoms with Crippen molar-refractivity contribution in [3.8, 4) is 17.2 Å². The zero-order valence-electron chi connectivity index (χ0n) is 24.0. The Hall–Kier alpha value is -4.03. The first-order valence-corrected chi connectivity index (χ1v) is 14.8. The second-order valence-electron chi connectivity index (χ2n) is 9.89. The van der Waals surface area contributed by atoms with Gasteiger partial charge in [-0.15, -0.1) is 11.8 Å². The summed E-state index contributed by atoms with van der Waals surface area (Å²) >= 11 is 1.24. The van der Waals surface area contributed by atoms with Gasteiger partial charge in [0.15, 0.2) is 11.6 Å². The summed E-state index contributed by atoms with van der Waals surface area (Å²) < 4.78 is 56.1. The number of anilines is 1. The first kappa shape index (κ1) is 31.9. The maximum absolute atomic E-state index is 15.0. The lowest BCUT2D eigenvalue weighted by atomic mass is 9.85. The van der Waals surface area contributed by atoms with E-state index < -0.39 is 23.0 Å². The number of rotatable bonds is 9. The molecular formula is C31H33F3N4O4S. The molecule has 2 aliphatic rings. The molecule has 5 rings (SSSR count). The van der Waals surface area contributed by atoms with Crippen LogP contribution < -0.4 is 20.5 Å². The monoisotopic (exact) mass is 614 g/mol. The number of para-hydroxylation sites is 1.